The highest BCUT2D eigenvalue weighted by molar-refractivity contribution is 6.04. The van der Waals surface area contributed by atoms with Crippen LogP contribution in [0.25, 0.3) is 0 Å². The summed E-state index contributed by atoms with van der Waals surface area (Å²) in [6.45, 7) is 7.87. The predicted molar refractivity (Wildman–Crippen MR) is 131 cm³/mol. The molecule has 3 aromatic rings. The monoisotopic (exact) mass is 462 g/mol. The second-order valence-electron chi connectivity index (χ2n) is 9.41. The Morgan fingerprint density at radius 2 is 1.74 bits per heavy atom. The van der Waals surface area contributed by atoms with E-state index in [1.807, 2.05) is 41.3 Å². The van der Waals surface area contributed by atoms with Crippen molar-refractivity contribution in [3.63, 3.8) is 0 Å². The molecule has 1 atom stereocenters. The highest BCUT2D eigenvalue weighted by Gasteiger charge is 2.47. The van der Waals surface area contributed by atoms with Crippen molar-refractivity contribution in [3.05, 3.63) is 71.7 Å². The number of fused-ring (bicyclic) bond motifs is 1. The molecule has 0 fully saturated rings. The normalized spacial score (nSPS) is 18.7. The molecule has 0 saturated carbocycles. The molecule has 0 radical (unpaired) electrons. The van der Waals surface area contributed by atoms with Crippen LogP contribution in [-0.2, 0) is 10.2 Å². The van der Waals surface area contributed by atoms with Crippen molar-refractivity contribution < 1.29 is 23.5 Å². The third-order valence-electron chi connectivity index (χ3n) is 6.58. The molecular weight excluding hydrogens is 432 g/mol. The summed E-state index contributed by atoms with van der Waals surface area (Å²) in [7, 11) is 3.18. The topological polar surface area (TPSA) is 81.0 Å². The van der Waals surface area contributed by atoms with Crippen LogP contribution in [0.4, 0.5) is 11.4 Å². The summed E-state index contributed by atoms with van der Waals surface area (Å²) in [5, 5.41) is 2.91. The number of rotatable bonds is 5. The van der Waals surface area contributed by atoms with Crippen molar-refractivity contribution >= 4 is 23.2 Å². The minimum atomic E-state index is -0.461. The maximum atomic E-state index is 12.8. The number of nitrogens with one attached hydrogen (secondary N) is 1. The Labute approximate surface area is 199 Å². The Balaban J connectivity index is 1.92. The van der Waals surface area contributed by atoms with Gasteiger partial charge in [-0.3, -0.25) is 9.59 Å². The molecule has 1 aliphatic heterocycles. The van der Waals surface area contributed by atoms with Gasteiger partial charge in [0.2, 0.25) is 5.91 Å². The number of hydrogen-bond donors (Lipinski definition) is 1. The molecule has 0 aliphatic carbocycles. The molecule has 0 bridgehead atoms. The van der Waals surface area contributed by atoms with Gasteiger partial charge in [0, 0.05) is 23.9 Å². The minimum absolute atomic E-state index is 0.0579. The van der Waals surface area contributed by atoms with E-state index < -0.39 is 11.0 Å². The highest BCUT2D eigenvalue weighted by atomic mass is 16.5. The summed E-state index contributed by atoms with van der Waals surface area (Å²) in [5.41, 5.74) is 2.35. The summed E-state index contributed by atoms with van der Waals surface area (Å²) >= 11 is 0. The van der Waals surface area contributed by atoms with Crippen LogP contribution in [-0.4, -0.2) is 31.6 Å². The zero-order chi connectivity index (χ0) is 24.7. The fourth-order valence-corrected chi connectivity index (χ4v) is 5.23. The SMILES string of the molecule is COc1ccc(C2(C)CC(C)(C)N(C(C)=O)c3cc(OC)c(NC(=O)c4ccco4)cc32)cc1. The number of hydrogen-bond acceptors (Lipinski definition) is 5. The molecule has 178 valence electrons. The Bertz CT molecular complexity index is 1210. The van der Waals surface area contributed by atoms with E-state index in [4.69, 9.17) is 13.9 Å². The third kappa shape index (κ3) is 3.91. The summed E-state index contributed by atoms with van der Waals surface area (Å²) in [6.07, 6.45) is 2.13. The van der Waals surface area contributed by atoms with Gasteiger partial charge in [0.15, 0.2) is 5.76 Å². The summed E-state index contributed by atoms with van der Waals surface area (Å²) in [6, 6.07) is 15.0. The van der Waals surface area contributed by atoms with E-state index in [-0.39, 0.29) is 17.6 Å². The van der Waals surface area contributed by atoms with Crippen LogP contribution in [0.3, 0.4) is 0 Å². The molecule has 1 aliphatic rings. The fourth-order valence-electron chi connectivity index (χ4n) is 5.23. The third-order valence-corrected chi connectivity index (χ3v) is 6.58. The number of nitrogens with zero attached hydrogens (tertiary/aromatic N) is 1. The molecule has 2 heterocycles. The van der Waals surface area contributed by atoms with Gasteiger partial charge in [-0.05, 0) is 61.7 Å². The van der Waals surface area contributed by atoms with Gasteiger partial charge in [-0.1, -0.05) is 19.1 Å². The standard InChI is InChI=1S/C27H30N2O5/c1-17(30)29-22-15-24(33-6)21(28-25(31)23-8-7-13-34-23)14-20(22)27(4,16-26(29,2)3)18-9-11-19(32-5)12-10-18/h7-15H,16H2,1-6H3,(H,28,31). The number of benzene rings is 2. The van der Waals surface area contributed by atoms with E-state index >= 15 is 0 Å². The van der Waals surface area contributed by atoms with Crippen molar-refractivity contribution in [1.29, 1.82) is 0 Å². The van der Waals surface area contributed by atoms with Gasteiger partial charge in [0.1, 0.15) is 11.5 Å². The van der Waals surface area contributed by atoms with Crippen molar-refractivity contribution in [2.24, 2.45) is 0 Å². The van der Waals surface area contributed by atoms with Gasteiger partial charge in [-0.25, -0.2) is 0 Å². The zero-order valence-corrected chi connectivity index (χ0v) is 20.4. The van der Waals surface area contributed by atoms with Crippen LogP contribution in [0.5, 0.6) is 11.5 Å². The second kappa shape index (κ2) is 8.56. The number of anilines is 2. The molecule has 1 aromatic heterocycles. The Morgan fingerprint density at radius 1 is 1.03 bits per heavy atom. The Morgan fingerprint density at radius 3 is 2.29 bits per heavy atom. The molecule has 2 amide bonds. The number of carbonyl (C=O) groups is 2. The second-order valence-corrected chi connectivity index (χ2v) is 9.41. The predicted octanol–water partition coefficient (Wildman–Crippen LogP) is 5.39. The molecule has 1 N–H and O–H groups in total. The molecule has 1 unspecified atom stereocenters. The average Bonchev–Trinajstić information content (AvgIpc) is 3.33. The van der Waals surface area contributed by atoms with Crippen LogP contribution in [0.1, 0.15) is 55.8 Å². The molecule has 4 rings (SSSR count). The summed E-state index contributed by atoms with van der Waals surface area (Å²) < 4.78 is 16.2. The van der Waals surface area contributed by atoms with Gasteiger partial charge in [0.25, 0.3) is 5.91 Å². The van der Waals surface area contributed by atoms with Crippen LogP contribution >= 0.6 is 0 Å². The van der Waals surface area contributed by atoms with Crippen molar-refractivity contribution in [2.75, 3.05) is 24.4 Å². The van der Waals surface area contributed by atoms with Crippen molar-refractivity contribution in [2.45, 2.75) is 45.1 Å². The van der Waals surface area contributed by atoms with Gasteiger partial charge in [-0.2, -0.15) is 0 Å². The number of methoxy groups -OCH3 is 2. The lowest BCUT2D eigenvalue weighted by Crippen LogP contribution is -2.55. The molecule has 0 saturated heterocycles. The van der Waals surface area contributed by atoms with E-state index in [1.165, 1.54) is 6.26 Å². The number of furan rings is 1. The number of ether oxygens (including phenoxy) is 2. The first-order valence-corrected chi connectivity index (χ1v) is 11.1. The van der Waals surface area contributed by atoms with E-state index in [0.29, 0.717) is 17.9 Å². The Hall–Kier alpha value is -3.74. The van der Waals surface area contributed by atoms with Crippen molar-refractivity contribution in [1.82, 2.24) is 0 Å². The highest BCUT2D eigenvalue weighted by Crippen LogP contribution is 2.53. The average molecular weight is 463 g/mol. The van der Waals surface area contributed by atoms with Gasteiger partial charge < -0.3 is 24.1 Å². The van der Waals surface area contributed by atoms with Crippen LogP contribution in [0.2, 0.25) is 0 Å². The molecule has 34 heavy (non-hydrogen) atoms. The van der Waals surface area contributed by atoms with Gasteiger partial charge in [0.05, 0.1) is 31.9 Å². The van der Waals surface area contributed by atoms with Crippen LogP contribution < -0.4 is 19.7 Å². The smallest absolute Gasteiger partial charge is 0.291 e. The maximum Gasteiger partial charge on any atom is 0.291 e. The van der Waals surface area contributed by atoms with E-state index in [1.54, 1.807) is 33.3 Å². The minimum Gasteiger partial charge on any atom is -0.497 e. The summed E-state index contributed by atoms with van der Waals surface area (Å²) in [5.74, 6) is 0.990. The van der Waals surface area contributed by atoms with E-state index in [0.717, 1.165) is 22.6 Å². The molecule has 7 nitrogen and oxygen atoms in total. The molecule has 2 aromatic carbocycles. The molecular formula is C27H30N2O5. The van der Waals surface area contributed by atoms with Gasteiger partial charge >= 0.3 is 0 Å². The quantitative estimate of drug-likeness (QED) is 0.550. The zero-order valence-electron chi connectivity index (χ0n) is 20.4. The van der Waals surface area contributed by atoms with Gasteiger partial charge in [-0.15, -0.1) is 0 Å². The van der Waals surface area contributed by atoms with Crippen molar-refractivity contribution in [3.8, 4) is 11.5 Å². The van der Waals surface area contributed by atoms with E-state index in [2.05, 4.69) is 26.1 Å². The molecule has 0 spiro atoms. The fraction of sp³-hybridized carbons (Fsp3) is 0.333. The van der Waals surface area contributed by atoms with E-state index in [9.17, 15) is 9.59 Å². The maximum absolute atomic E-state index is 12.8. The first-order chi connectivity index (χ1) is 16.1. The van der Waals surface area contributed by atoms with Crippen LogP contribution in [0, 0.1) is 0 Å². The number of carbonyl (C=O) groups excluding carboxylic acids is 2. The first kappa shape index (κ1) is 23.4. The summed E-state index contributed by atoms with van der Waals surface area (Å²) in [4.78, 5) is 27.4. The first-order valence-electron chi connectivity index (χ1n) is 11.1. The lowest BCUT2D eigenvalue weighted by molar-refractivity contribution is -0.117. The lowest BCUT2D eigenvalue weighted by Gasteiger charge is -2.51. The number of amides is 2. The Kier molecular flexibility index (Phi) is 5.89. The lowest BCUT2D eigenvalue weighted by atomic mass is 9.65. The molecule has 7 heteroatoms. The van der Waals surface area contributed by atoms with Crippen LogP contribution in [0.15, 0.2) is 59.2 Å². The largest absolute Gasteiger partial charge is 0.497 e.